The zero-order chi connectivity index (χ0) is 15.4. The zero-order valence-corrected chi connectivity index (χ0v) is 11.5. The van der Waals surface area contributed by atoms with E-state index in [1.165, 1.54) is 24.3 Å². The van der Waals surface area contributed by atoms with Crippen LogP contribution in [0.3, 0.4) is 0 Å². The topological polar surface area (TPSA) is 118 Å². The molecule has 2 heterocycles. The quantitative estimate of drug-likeness (QED) is 0.265. The summed E-state index contributed by atoms with van der Waals surface area (Å²) in [5.41, 5.74) is 5.80. The summed E-state index contributed by atoms with van der Waals surface area (Å²) < 4.78 is 4.71. The van der Waals surface area contributed by atoms with Gasteiger partial charge in [0.2, 0.25) is 0 Å². The van der Waals surface area contributed by atoms with Gasteiger partial charge in [0.1, 0.15) is 11.7 Å². The van der Waals surface area contributed by atoms with Crippen molar-refractivity contribution in [3.63, 3.8) is 0 Å². The summed E-state index contributed by atoms with van der Waals surface area (Å²) in [7, 11) is 1.29. The van der Waals surface area contributed by atoms with Crippen molar-refractivity contribution in [2.45, 2.75) is 18.9 Å². The summed E-state index contributed by atoms with van der Waals surface area (Å²) in [4.78, 5) is 29.7. The second kappa shape index (κ2) is 6.21. The molecule has 0 aromatic carbocycles. The molecule has 1 aromatic rings. The minimum Gasteiger partial charge on any atom is -0.467 e. The number of esters is 1. The van der Waals surface area contributed by atoms with Crippen molar-refractivity contribution >= 4 is 17.7 Å². The number of rotatable bonds is 3. The lowest BCUT2D eigenvalue weighted by atomic mass is 10.1. The molecule has 2 rings (SSSR count). The molecule has 1 aliphatic rings. The third-order valence-electron chi connectivity index (χ3n) is 3.38. The van der Waals surface area contributed by atoms with Crippen LogP contribution in [-0.4, -0.2) is 52.5 Å². The average molecular weight is 292 g/mol. The lowest BCUT2D eigenvalue weighted by Crippen LogP contribution is -2.42. The number of hydrogen-bond acceptors (Lipinski definition) is 6. The zero-order valence-electron chi connectivity index (χ0n) is 11.5. The van der Waals surface area contributed by atoms with Crippen LogP contribution in [0.5, 0.6) is 0 Å². The number of pyridine rings is 1. The molecule has 112 valence electrons. The molecule has 21 heavy (non-hydrogen) atoms. The van der Waals surface area contributed by atoms with Crippen LogP contribution in [0.1, 0.15) is 28.9 Å². The molecular formula is C13H16N4O4. The molecule has 0 spiro atoms. The van der Waals surface area contributed by atoms with Gasteiger partial charge in [-0.25, -0.2) is 4.79 Å². The van der Waals surface area contributed by atoms with Crippen molar-refractivity contribution in [1.29, 1.82) is 0 Å². The van der Waals surface area contributed by atoms with Crippen LogP contribution in [0.15, 0.2) is 23.5 Å². The highest BCUT2D eigenvalue weighted by Gasteiger charge is 2.36. The lowest BCUT2D eigenvalue weighted by molar-refractivity contribution is -0.145. The average Bonchev–Trinajstić information content (AvgIpc) is 3.02. The van der Waals surface area contributed by atoms with Gasteiger partial charge in [0, 0.05) is 12.7 Å². The Morgan fingerprint density at radius 2 is 2.33 bits per heavy atom. The molecule has 8 heteroatoms. The Morgan fingerprint density at radius 1 is 1.57 bits per heavy atom. The molecular weight excluding hydrogens is 276 g/mol. The van der Waals surface area contributed by atoms with E-state index in [0.717, 1.165) is 0 Å². The number of nitrogens with zero attached hydrogens (tertiary/aromatic N) is 3. The number of nitrogens with two attached hydrogens (primary N) is 1. The van der Waals surface area contributed by atoms with Crippen molar-refractivity contribution < 1.29 is 19.5 Å². The highest BCUT2D eigenvalue weighted by molar-refractivity contribution is 6.08. The standard InChI is InChI=1S/C13H16N4O4/c1-21-13(19)9-5-3-7-17(9)12(18)8-4-2-6-15-10(8)11(14)16-20/h2,4,6,9,20H,3,5,7H2,1H3,(H2,14,16)/t9-/m0/s1. The molecule has 3 N–H and O–H groups in total. The predicted octanol–water partition coefficient (Wildman–Crippen LogP) is -0.0463. The number of amides is 1. The molecule has 1 atom stereocenters. The molecule has 1 aromatic heterocycles. The highest BCUT2D eigenvalue weighted by Crippen LogP contribution is 2.22. The Hall–Kier alpha value is -2.64. The molecule has 1 aliphatic heterocycles. The van der Waals surface area contributed by atoms with E-state index in [1.54, 1.807) is 6.07 Å². The Balaban J connectivity index is 2.34. The van der Waals surface area contributed by atoms with E-state index in [0.29, 0.717) is 19.4 Å². The number of carbonyl (C=O) groups excluding carboxylic acids is 2. The van der Waals surface area contributed by atoms with Crippen molar-refractivity contribution in [1.82, 2.24) is 9.88 Å². The third-order valence-corrected chi connectivity index (χ3v) is 3.38. The van der Waals surface area contributed by atoms with Gasteiger partial charge in [-0.05, 0) is 25.0 Å². The Kier molecular flexibility index (Phi) is 4.36. The van der Waals surface area contributed by atoms with Gasteiger partial charge in [0.05, 0.1) is 12.7 Å². The fourth-order valence-corrected chi connectivity index (χ4v) is 2.37. The van der Waals surface area contributed by atoms with Gasteiger partial charge < -0.3 is 20.6 Å². The van der Waals surface area contributed by atoms with Crippen LogP contribution in [0, 0.1) is 0 Å². The van der Waals surface area contributed by atoms with Gasteiger partial charge >= 0.3 is 5.97 Å². The number of likely N-dealkylation sites (tertiary alicyclic amines) is 1. The van der Waals surface area contributed by atoms with Crippen LogP contribution in [0.2, 0.25) is 0 Å². The monoisotopic (exact) mass is 292 g/mol. The first-order valence-electron chi connectivity index (χ1n) is 6.42. The Labute approximate surface area is 121 Å². The summed E-state index contributed by atoms with van der Waals surface area (Å²) in [6, 6.07) is 2.49. The van der Waals surface area contributed by atoms with E-state index in [1.807, 2.05) is 0 Å². The summed E-state index contributed by atoms with van der Waals surface area (Å²) >= 11 is 0. The van der Waals surface area contributed by atoms with E-state index >= 15 is 0 Å². The van der Waals surface area contributed by atoms with Crippen LogP contribution in [-0.2, 0) is 9.53 Å². The summed E-state index contributed by atoms with van der Waals surface area (Å²) in [5.74, 6) is -1.10. The summed E-state index contributed by atoms with van der Waals surface area (Å²) in [6.45, 7) is 0.448. The molecule has 1 amide bonds. The van der Waals surface area contributed by atoms with E-state index in [-0.39, 0.29) is 17.1 Å². The first kappa shape index (κ1) is 14.8. The summed E-state index contributed by atoms with van der Waals surface area (Å²) in [6.07, 6.45) is 2.70. The van der Waals surface area contributed by atoms with Gasteiger partial charge in [-0.2, -0.15) is 0 Å². The van der Waals surface area contributed by atoms with Gasteiger partial charge in [-0.1, -0.05) is 5.16 Å². The number of hydrogen-bond donors (Lipinski definition) is 2. The SMILES string of the molecule is COC(=O)[C@@H]1CCCN1C(=O)c1cccnc1/C(N)=N/O. The fraction of sp³-hybridized carbons (Fsp3) is 0.385. The molecule has 0 saturated carbocycles. The van der Waals surface area contributed by atoms with Crippen molar-refractivity contribution in [2.75, 3.05) is 13.7 Å². The number of methoxy groups -OCH3 is 1. The van der Waals surface area contributed by atoms with Crippen LogP contribution in [0.4, 0.5) is 0 Å². The molecule has 0 bridgehead atoms. The second-order valence-electron chi connectivity index (χ2n) is 4.56. The molecule has 1 saturated heterocycles. The normalized spacial score (nSPS) is 18.6. The second-order valence-corrected chi connectivity index (χ2v) is 4.56. The van der Waals surface area contributed by atoms with Crippen LogP contribution in [0.25, 0.3) is 0 Å². The maximum atomic E-state index is 12.6. The van der Waals surface area contributed by atoms with Crippen molar-refractivity contribution in [3.05, 3.63) is 29.6 Å². The first-order chi connectivity index (χ1) is 10.1. The third kappa shape index (κ3) is 2.78. The number of amidine groups is 1. The number of ether oxygens (including phenoxy) is 1. The van der Waals surface area contributed by atoms with E-state index in [9.17, 15) is 9.59 Å². The molecule has 0 aliphatic carbocycles. The molecule has 0 unspecified atom stereocenters. The molecule has 8 nitrogen and oxygen atoms in total. The number of carbonyl (C=O) groups is 2. The van der Waals surface area contributed by atoms with Gasteiger partial charge in [0.15, 0.2) is 5.84 Å². The van der Waals surface area contributed by atoms with Gasteiger partial charge in [-0.15, -0.1) is 0 Å². The lowest BCUT2D eigenvalue weighted by Gasteiger charge is -2.23. The summed E-state index contributed by atoms with van der Waals surface area (Å²) in [5, 5.41) is 11.6. The van der Waals surface area contributed by atoms with Crippen LogP contribution < -0.4 is 5.73 Å². The highest BCUT2D eigenvalue weighted by atomic mass is 16.5. The maximum Gasteiger partial charge on any atom is 0.328 e. The van der Waals surface area contributed by atoms with Gasteiger partial charge in [0.25, 0.3) is 5.91 Å². The van der Waals surface area contributed by atoms with E-state index in [4.69, 9.17) is 15.7 Å². The predicted molar refractivity (Wildman–Crippen MR) is 72.8 cm³/mol. The maximum absolute atomic E-state index is 12.6. The van der Waals surface area contributed by atoms with E-state index in [2.05, 4.69) is 10.1 Å². The van der Waals surface area contributed by atoms with Crippen molar-refractivity contribution in [3.8, 4) is 0 Å². The molecule has 0 radical (unpaired) electrons. The number of aromatic nitrogens is 1. The van der Waals surface area contributed by atoms with Crippen LogP contribution >= 0.6 is 0 Å². The first-order valence-corrected chi connectivity index (χ1v) is 6.42. The van der Waals surface area contributed by atoms with Crippen molar-refractivity contribution in [2.24, 2.45) is 10.9 Å². The Morgan fingerprint density at radius 3 is 3.00 bits per heavy atom. The number of oxime groups is 1. The fourth-order valence-electron chi connectivity index (χ4n) is 2.37. The largest absolute Gasteiger partial charge is 0.467 e. The Bertz CT molecular complexity index is 587. The smallest absolute Gasteiger partial charge is 0.328 e. The van der Waals surface area contributed by atoms with E-state index < -0.39 is 17.9 Å². The minimum atomic E-state index is -0.608. The van der Waals surface area contributed by atoms with Gasteiger partial charge in [-0.3, -0.25) is 9.78 Å². The minimum absolute atomic E-state index is 0.0838. The molecule has 1 fully saturated rings.